The van der Waals surface area contributed by atoms with Crippen LogP contribution in [0.1, 0.15) is 29.8 Å². The van der Waals surface area contributed by atoms with E-state index in [1.54, 1.807) is 30.3 Å². The Morgan fingerprint density at radius 3 is 2.43 bits per heavy atom. The summed E-state index contributed by atoms with van der Waals surface area (Å²) in [6.45, 7) is 4.62. The van der Waals surface area contributed by atoms with Gasteiger partial charge in [-0.25, -0.2) is 0 Å². The van der Waals surface area contributed by atoms with Crippen molar-refractivity contribution in [3.05, 3.63) is 65.7 Å². The van der Waals surface area contributed by atoms with E-state index in [2.05, 4.69) is 5.32 Å². The molecule has 0 aliphatic heterocycles. The van der Waals surface area contributed by atoms with Crippen molar-refractivity contribution in [1.82, 2.24) is 5.32 Å². The first-order chi connectivity index (χ1) is 11.1. The first-order valence-corrected chi connectivity index (χ1v) is 7.81. The lowest BCUT2D eigenvalue weighted by Gasteiger charge is -2.16. The third-order valence-electron chi connectivity index (χ3n) is 3.36. The van der Waals surface area contributed by atoms with Crippen LogP contribution in [0.2, 0.25) is 0 Å². The number of aliphatic hydroxyl groups is 1. The number of carbonyl (C=O) groups excluding carboxylic acids is 1. The van der Waals surface area contributed by atoms with Gasteiger partial charge in [-0.15, -0.1) is 0 Å². The number of hydrogen-bond acceptors (Lipinski definition) is 4. The molecule has 0 fully saturated rings. The molecular formula is C19H23NO3. The summed E-state index contributed by atoms with van der Waals surface area (Å²) in [5, 5.41) is 13.1. The van der Waals surface area contributed by atoms with Gasteiger partial charge in [0.25, 0.3) is 0 Å². The molecule has 2 aromatic carbocycles. The molecule has 0 spiro atoms. The summed E-state index contributed by atoms with van der Waals surface area (Å²) in [5.74, 6) is 0.404. The number of rotatable bonds is 8. The molecule has 0 saturated carbocycles. The number of nitrogens with one attached hydrogen (secondary N) is 1. The Hall–Kier alpha value is -2.17. The number of benzene rings is 2. The minimum Gasteiger partial charge on any atom is -0.490 e. The Bertz CT molecular complexity index is 626. The summed E-state index contributed by atoms with van der Waals surface area (Å²) in [6, 6.07) is 16.5. The van der Waals surface area contributed by atoms with Crippen molar-refractivity contribution < 1.29 is 14.6 Å². The van der Waals surface area contributed by atoms with E-state index < -0.39 is 6.10 Å². The SMILES string of the molecule is CC(C)NCC(O)COc1ccccc1C(=O)c1ccccc1. The highest BCUT2D eigenvalue weighted by atomic mass is 16.5. The molecule has 4 heteroatoms. The lowest BCUT2D eigenvalue weighted by molar-refractivity contribution is 0.0982. The smallest absolute Gasteiger partial charge is 0.196 e. The Morgan fingerprint density at radius 1 is 1.09 bits per heavy atom. The largest absolute Gasteiger partial charge is 0.490 e. The molecule has 0 aliphatic carbocycles. The fraction of sp³-hybridized carbons (Fsp3) is 0.316. The highest BCUT2D eigenvalue weighted by Crippen LogP contribution is 2.21. The van der Waals surface area contributed by atoms with Crippen LogP contribution in [0.5, 0.6) is 5.75 Å². The van der Waals surface area contributed by atoms with Crippen LogP contribution in [-0.4, -0.2) is 36.2 Å². The van der Waals surface area contributed by atoms with E-state index in [9.17, 15) is 9.90 Å². The highest BCUT2D eigenvalue weighted by molar-refractivity contribution is 6.10. The average Bonchev–Trinajstić information content (AvgIpc) is 2.58. The van der Waals surface area contributed by atoms with Gasteiger partial charge in [-0.3, -0.25) is 4.79 Å². The normalized spacial score (nSPS) is 12.2. The maximum atomic E-state index is 12.6. The summed E-state index contributed by atoms with van der Waals surface area (Å²) in [6.07, 6.45) is -0.628. The molecule has 1 unspecified atom stereocenters. The lowest BCUT2D eigenvalue weighted by atomic mass is 10.0. The van der Waals surface area contributed by atoms with Crippen LogP contribution >= 0.6 is 0 Å². The molecule has 0 saturated heterocycles. The van der Waals surface area contributed by atoms with Crippen molar-refractivity contribution in [2.45, 2.75) is 26.0 Å². The molecule has 0 heterocycles. The Morgan fingerprint density at radius 2 is 1.74 bits per heavy atom. The molecule has 0 radical (unpaired) electrons. The predicted molar refractivity (Wildman–Crippen MR) is 91.0 cm³/mol. The Balaban J connectivity index is 2.05. The number of para-hydroxylation sites is 1. The van der Waals surface area contributed by atoms with E-state index in [0.29, 0.717) is 29.5 Å². The lowest BCUT2D eigenvalue weighted by Crippen LogP contribution is -2.35. The van der Waals surface area contributed by atoms with Crippen LogP contribution in [0, 0.1) is 0 Å². The number of carbonyl (C=O) groups is 1. The molecule has 2 rings (SSSR count). The molecule has 0 aromatic heterocycles. The van der Waals surface area contributed by atoms with Gasteiger partial charge in [0, 0.05) is 18.2 Å². The van der Waals surface area contributed by atoms with Crippen molar-refractivity contribution >= 4 is 5.78 Å². The molecule has 0 amide bonds. The summed E-state index contributed by atoms with van der Waals surface area (Å²) >= 11 is 0. The monoisotopic (exact) mass is 313 g/mol. The van der Waals surface area contributed by atoms with Gasteiger partial charge in [-0.1, -0.05) is 56.3 Å². The van der Waals surface area contributed by atoms with Crippen LogP contribution < -0.4 is 10.1 Å². The standard InChI is InChI=1S/C19H23NO3/c1-14(2)20-12-16(21)13-23-18-11-7-6-10-17(18)19(22)15-8-4-3-5-9-15/h3-11,14,16,20-21H,12-13H2,1-2H3. The second kappa shape index (κ2) is 8.46. The fourth-order valence-corrected chi connectivity index (χ4v) is 2.14. The zero-order valence-corrected chi connectivity index (χ0v) is 13.5. The maximum absolute atomic E-state index is 12.6. The predicted octanol–water partition coefficient (Wildman–Crippen LogP) is 2.66. The van der Waals surface area contributed by atoms with Gasteiger partial charge >= 0.3 is 0 Å². The van der Waals surface area contributed by atoms with Crippen LogP contribution in [0.4, 0.5) is 0 Å². The molecule has 1 atom stereocenters. The summed E-state index contributed by atoms with van der Waals surface area (Å²) in [7, 11) is 0. The molecule has 4 nitrogen and oxygen atoms in total. The van der Waals surface area contributed by atoms with Crippen LogP contribution in [0.3, 0.4) is 0 Å². The van der Waals surface area contributed by atoms with Crippen LogP contribution in [0.15, 0.2) is 54.6 Å². The summed E-state index contributed by atoms with van der Waals surface area (Å²) in [4.78, 5) is 12.6. The number of hydrogen-bond donors (Lipinski definition) is 2. The van der Waals surface area contributed by atoms with E-state index in [0.717, 1.165) is 0 Å². The van der Waals surface area contributed by atoms with Crippen molar-refractivity contribution in [3.63, 3.8) is 0 Å². The minimum absolute atomic E-state index is 0.0870. The summed E-state index contributed by atoms with van der Waals surface area (Å²) < 4.78 is 5.66. The van der Waals surface area contributed by atoms with Gasteiger partial charge in [0.15, 0.2) is 5.78 Å². The van der Waals surface area contributed by atoms with Crippen molar-refractivity contribution in [3.8, 4) is 5.75 Å². The van der Waals surface area contributed by atoms with Gasteiger partial charge in [-0.05, 0) is 12.1 Å². The zero-order chi connectivity index (χ0) is 16.7. The fourth-order valence-electron chi connectivity index (χ4n) is 2.14. The minimum atomic E-state index is -0.628. The third kappa shape index (κ3) is 5.20. The molecule has 23 heavy (non-hydrogen) atoms. The molecule has 0 bridgehead atoms. The van der Waals surface area contributed by atoms with Gasteiger partial charge in [-0.2, -0.15) is 0 Å². The number of ketones is 1. The van der Waals surface area contributed by atoms with Crippen LogP contribution in [-0.2, 0) is 0 Å². The third-order valence-corrected chi connectivity index (χ3v) is 3.36. The Labute approximate surface area is 137 Å². The number of ether oxygens (including phenoxy) is 1. The molecule has 2 N–H and O–H groups in total. The van der Waals surface area contributed by atoms with Crippen molar-refractivity contribution in [1.29, 1.82) is 0 Å². The van der Waals surface area contributed by atoms with E-state index in [1.165, 1.54) is 0 Å². The maximum Gasteiger partial charge on any atom is 0.196 e. The van der Waals surface area contributed by atoms with Crippen molar-refractivity contribution in [2.24, 2.45) is 0 Å². The second-order valence-electron chi connectivity index (χ2n) is 5.72. The zero-order valence-electron chi connectivity index (χ0n) is 13.5. The van der Waals surface area contributed by atoms with Gasteiger partial charge < -0.3 is 15.2 Å². The summed E-state index contributed by atoms with van der Waals surface area (Å²) in [5.41, 5.74) is 1.12. The molecule has 122 valence electrons. The van der Waals surface area contributed by atoms with Gasteiger partial charge in [0.1, 0.15) is 18.5 Å². The van der Waals surface area contributed by atoms with Gasteiger partial charge in [0.05, 0.1) is 5.56 Å². The number of aliphatic hydroxyl groups excluding tert-OH is 1. The molecule has 2 aromatic rings. The van der Waals surface area contributed by atoms with E-state index in [-0.39, 0.29) is 12.4 Å². The van der Waals surface area contributed by atoms with Crippen molar-refractivity contribution in [2.75, 3.05) is 13.2 Å². The van der Waals surface area contributed by atoms with E-state index in [4.69, 9.17) is 4.74 Å². The quantitative estimate of drug-likeness (QED) is 0.736. The van der Waals surface area contributed by atoms with Crippen LogP contribution in [0.25, 0.3) is 0 Å². The Kier molecular flexibility index (Phi) is 6.32. The molecule has 0 aliphatic rings. The first-order valence-electron chi connectivity index (χ1n) is 7.81. The first kappa shape index (κ1) is 17.2. The highest BCUT2D eigenvalue weighted by Gasteiger charge is 2.15. The second-order valence-corrected chi connectivity index (χ2v) is 5.72. The van der Waals surface area contributed by atoms with E-state index >= 15 is 0 Å². The topological polar surface area (TPSA) is 58.6 Å². The van der Waals surface area contributed by atoms with Gasteiger partial charge in [0.2, 0.25) is 0 Å². The molecular weight excluding hydrogens is 290 g/mol. The average molecular weight is 313 g/mol. The van der Waals surface area contributed by atoms with E-state index in [1.807, 2.05) is 38.1 Å².